The van der Waals surface area contributed by atoms with Crippen molar-refractivity contribution < 1.29 is 13.2 Å². The average Bonchev–Trinajstić information content (AvgIpc) is 2.46. The SMILES string of the molecule is COc1cc(C)nc(CN2CCCC(S(=O)(=O)N(C)C)C2)c1. The number of aryl methyl sites for hydroxylation is 1. The van der Waals surface area contributed by atoms with Crippen LogP contribution >= 0.6 is 0 Å². The smallest absolute Gasteiger partial charge is 0.217 e. The molecule has 0 radical (unpaired) electrons. The number of likely N-dealkylation sites (tertiary alicyclic amines) is 1. The Balaban J connectivity index is 2.09. The van der Waals surface area contributed by atoms with E-state index >= 15 is 0 Å². The van der Waals surface area contributed by atoms with Crippen LogP contribution in [0.5, 0.6) is 5.75 Å². The molecule has 1 aromatic rings. The summed E-state index contributed by atoms with van der Waals surface area (Å²) in [6.07, 6.45) is 1.61. The van der Waals surface area contributed by atoms with Crippen molar-refractivity contribution in [3.8, 4) is 5.75 Å². The number of pyridine rings is 1. The van der Waals surface area contributed by atoms with Crippen LogP contribution < -0.4 is 4.74 Å². The fraction of sp³-hybridized carbons (Fsp3) is 0.667. The predicted octanol–water partition coefficient (Wildman–Crippen LogP) is 1.25. The molecule has 0 bridgehead atoms. The van der Waals surface area contributed by atoms with Crippen molar-refractivity contribution in [1.29, 1.82) is 0 Å². The maximum Gasteiger partial charge on any atom is 0.217 e. The zero-order valence-corrected chi connectivity index (χ0v) is 14.6. The van der Waals surface area contributed by atoms with Gasteiger partial charge in [-0.2, -0.15) is 0 Å². The second-order valence-corrected chi connectivity index (χ2v) is 8.39. The summed E-state index contributed by atoms with van der Waals surface area (Å²) in [5.41, 5.74) is 1.82. The molecule has 1 aromatic heterocycles. The number of nitrogens with zero attached hydrogens (tertiary/aromatic N) is 3. The molecule has 1 atom stereocenters. The van der Waals surface area contributed by atoms with Gasteiger partial charge in [0.1, 0.15) is 5.75 Å². The van der Waals surface area contributed by atoms with E-state index in [4.69, 9.17) is 4.74 Å². The summed E-state index contributed by atoms with van der Waals surface area (Å²) in [6, 6.07) is 3.80. The first-order valence-electron chi connectivity index (χ1n) is 7.48. The molecule has 7 heteroatoms. The van der Waals surface area contributed by atoms with Crippen LogP contribution in [0, 0.1) is 6.92 Å². The molecule has 0 saturated carbocycles. The first-order valence-corrected chi connectivity index (χ1v) is 8.98. The summed E-state index contributed by atoms with van der Waals surface area (Å²) >= 11 is 0. The van der Waals surface area contributed by atoms with E-state index < -0.39 is 10.0 Å². The van der Waals surface area contributed by atoms with Gasteiger partial charge in [0.05, 0.1) is 18.1 Å². The monoisotopic (exact) mass is 327 g/mol. The highest BCUT2D eigenvalue weighted by molar-refractivity contribution is 7.89. The Kier molecular flexibility index (Phi) is 5.41. The lowest BCUT2D eigenvalue weighted by molar-refractivity contribution is 0.217. The highest BCUT2D eigenvalue weighted by atomic mass is 32.2. The zero-order valence-electron chi connectivity index (χ0n) is 13.7. The summed E-state index contributed by atoms with van der Waals surface area (Å²) in [5, 5.41) is -0.331. The Labute approximate surface area is 133 Å². The highest BCUT2D eigenvalue weighted by Gasteiger charge is 2.32. The molecule has 0 spiro atoms. The molecule has 0 amide bonds. The van der Waals surface area contributed by atoms with E-state index in [1.54, 1.807) is 21.2 Å². The number of piperidine rings is 1. The summed E-state index contributed by atoms with van der Waals surface area (Å²) in [5.74, 6) is 0.789. The molecule has 0 aromatic carbocycles. The maximum atomic E-state index is 12.3. The molecule has 1 fully saturated rings. The van der Waals surface area contributed by atoms with Crippen LogP contribution in [-0.4, -0.2) is 62.2 Å². The van der Waals surface area contributed by atoms with Gasteiger partial charge in [0.25, 0.3) is 0 Å². The van der Waals surface area contributed by atoms with Crippen molar-refractivity contribution >= 4 is 10.0 Å². The van der Waals surface area contributed by atoms with Crippen LogP contribution in [0.3, 0.4) is 0 Å². The van der Waals surface area contributed by atoms with Crippen LogP contribution in [0.2, 0.25) is 0 Å². The fourth-order valence-electron chi connectivity index (χ4n) is 2.83. The van der Waals surface area contributed by atoms with Crippen LogP contribution in [0.15, 0.2) is 12.1 Å². The lowest BCUT2D eigenvalue weighted by Gasteiger charge is -2.33. The van der Waals surface area contributed by atoms with Crippen LogP contribution in [0.4, 0.5) is 0 Å². The normalized spacial score (nSPS) is 20.3. The standard InChI is InChI=1S/C15H25N3O3S/c1-12-8-14(21-4)9-13(16-12)10-18-7-5-6-15(11-18)22(19,20)17(2)3/h8-9,15H,5-7,10-11H2,1-4H3. The third-order valence-corrected chi connectivity index (χ3v) is 6.24. The molecule has 1 aliphatic rings. The molecule has 0 aliphatic carbocycles. The van der Waals surface area contributed by atoms with Crippen molar-refractivity contribution in [3.63, 3.8) is 0 Å². The molecule has 22 heavy (non-hydrogen) atoms. The predicted molar refractivity (Wildman–Crippen MR) is 86.4 cm³/mol. The number of ether oxygens (including phenoxy) is 1. The summed E-state index contributed by atoms with van der Waals surface area (Å²) in [4.78, 5) is 6.68. The minimum atomic E-state index is -3.20. The van der Waals surface area contributed by atoms with E-state index in [9.17, 15) is 8.42 Å². The van der Waals surface area contributed by atoms with Gasteiger partial charge >= 0.3 is 0 Å². The Hall–Kier alpha value is -1.18. The lowest BCUT2D eigenvalue weighted by atomic mass is 10.1. The molecular formula is C15H25N3O3S. The average molecular weight is 327 g/mol. The van der Waals surface area contributed by atoms with Crippen molar-refractivity contribution in [1.82, 2.24) is 14.2 Å². The molecule has 0 N–H and O–H groups in total. The van der Waals surface area contributed by atoms with Crippen LogP contribution in [-0.2, 0) is 16.6 Å². The largest absolute Gasteiger partial charge is 0.497 e. The van der Waals surface area contributed by atoms with Gasteiger partial charge in [-0.1, -0.05) is 0 Å². The van der Waals surface area contributed by atoms with Gasteiger partial charge in [-0.15, -0.1) is 0 Å². The number of aromatic nitrogens is 1. The molecule has 2 heterocycles. The molecule has 6 nitrogen and oxygen atoms in total. The lowest BCUT2D eigenvalue weighted by Crippen LogP contribution is -2.45. The van der Waals surface area contributed by atoms with E-state index in [-0.39, 0.29) is 5.25 Å². The minimum absolute atomic E-state index is 0.331. The molecule has 1 aliphatic heterocycles. The van der Waals surface area contributed by atoms with E-state index in [2.05, 4.69) is 9.88 Å². The zero-order chi connectivity index (χ0) is 16.3. The number of sulfonamides is 1. The summed E-state index contributed by atoms with van der Waals surface area (Å²) in [7, 11) is 1.64. The summed E-state index contributed by atoms with van der Waals surface area (Å²) < 4.78 is 31.2. The van der Waals surface area contributed by atoms with E-state index in [1.165, 1.54) is 4.31 Å². The minimum Gasteiger partial charge on any atom is -0.497 e. The molecule has 1 saturated heterocycles. The van der Waals surface area contributed by atoms with Crippen LogP contribution in [0.25, 0.3) is 0 Å². The van der Waals surface area contributed by atoms with Crippen LogP contribution in [0.1, 0.15) is 24.2 Å². The first kappa shape index (κ1) is 17.2. The van der Waals surface area contributed by atoms with Gasteiger partial charge in [-0.3, -0.25) is 9.88 Å². The third-order valence-electron chi connectivity index (χ3n) is 3.99. The topological polar surface area (TPSA) is 62.7 Å². The number of hydrogen-bond donors (Lipinski definition) is 0. The van der Waals surface area contributed by atoms with E-state index in [0.717, 1.165) is 36.5 Å². The fourth-order valence-corrected chi connectivity index (χ4v) is 4.29. The van der Waals surface area contributed by atoms with E-state index in [0.29, 0.717) is 13.1 Å². The van der Waals surface area contributed by atoms with Crippen molar-refractivity contribution in [2.45, 2.75) is 31.6 Å². The van der Waals surface area contributed by atoms with Crippen molar-refractivity contribution in [2.24, 2.45) is 0 Å². The van der Waals surface area contributed by atoms with Gasteiger partial charge in [-0.05, 0) is 26.3 Å². The number of hydrogen-bond acceptors (Lipinski definition) is 5. The van der Waals surface area contributed by atoms with Gasteiger partial charge in [0.2, 0.25) is 10.0 Å². The summed E-state index contributed by atoms with van der Waals surface area (Å²) in [6.45, 7) is 4.04. The second kappa shape index (κ2) is 6.93. The molecule has 1 unspecified atom stereocenters. The maximum absolute atomic E-state index is 12.3. The van der Waals surface area contributed by atoms with Crippen molar-refractivity contribution in [2.75, 3.05) is 34.3 Å². The first-order chi connectivity index (χ1) is 10.3. The third kappa shape index (κ3) is 3.97. The molecule has 2 rings (SSSR count). The Morgan fingerprint density at radius 2 is 2.14 bits per heavy atom. The van der Waals surface area contributed by atoms with Crippen molar-refractivity contribution in [3.05, 3.63) is 23.5 Å². The second-order valence-electron chi connectivity index (χ2n) is 5.97. The quantitative estimate of drug-likeness (QED) is 0.814. The molecular weight excluding hydrogens is 302 g/mol. The van der Waals surface area contributed by atoms with Gasteiger partial charge < -0.3 is 4.74 Å². The van der Waals surface area contributed by atoms with E-state index in [1.807, 2.05) is 19.1 Å². The van der Waals surface area contributed by atoms with Gasteiger partial charge in [0, 0.05) is 45.0 Å². The Bertz CT molecular complexity index is 616. The Morgan fingerprint density at radius 1 is 1.41 bits per heavy atom. The van der Waals surface area contributed by atoms with Gasteiger partial charge in [-0.25, -0.2) is 12.7 Å². The van der Waals surface area contributed by atoms with Gasteiger partial charge in [0.15, 0.2) is 0 Å². The highest BCUT2D eigenvalue weighted by Crippen LogP contribution is 2.21. The number of rotatable bonds is 5. The molecule has 124 valence electrons. The Morgan fingerprint density at radius 3 is 2.77 bits per heavy atom. The number of methoxy groups -OCH3 is 1.